The fourth-order valence-electron chi connectivity index (χ4n) is 3.35. The van der Waals surface area contributed by atoms with Crippen LogP contribution in [0.15, 0.2) is 30.6 Å². The molecule has 0 radical (unpaired) electrons. The van der Waals surface area contributed by atoms with Gasteiger partial charge in [0.2, 0.25) is 0 Å². The highest BCUT2D eigenvalue weighted by Crippen LogP contribution is 2.50. The molecule has 1 aliphatic carbocycles. The van der Waals surface area contributed by atoms with E-state index in [0.717, 1.165) is 23.8 Å². The molecule has 0 unspecified atom stereocenters. The normalized spacial score (nSPS) is 14.2. The summed E-state index contributed by atoms with van der Waals surface area (Å²) in [5, 5.41) is 4.02. The summed E-state index contributed by atoms with van der Waals surface area (Å²) in [5.74, 6) is -2.19. The molecule has 26 heavy (non-hydrogen) atoms. The van der Waals surface area contributed by atoms with E-state index in [1.165, 1.54) is 0 Å². The summed E-state index contributed by atoms with van der Waals surface area (Å²) >= 11 is 0. The molecule has 2 heterocycles. The molecule has 0 amide bonds. The Bertz CT molecular complexity index is 974. The molecule has 0 bridgehead atoms. The third kappa shape index (κ3) is 2.89. The molecule has 0 spiro atoms. The lowest BCUT2D eigenvalue weighted by atomic mass is 9.93. The van der Waals surface area contributed by atoms with Gasteiger partial charge in [-0.25, -0.2) is 18.2 Å². The third-order valence-corrected chi connectivity index (χ3v) is 4.50. The van der Waals surface area contributed by atoms with Crippen molar-refractivity contribution in [3.63, 3.8) is 0 Å². The molecule has 4 rings (SSSR count). The number of nitrogens with one attached hydrogen (secondary N) is 1. The molecule has 1 aliphatic rings. The standard InChI is InChI=1S/C20H18F3N3/c1-10(2)25-20-19(18-14(22)7-12(21)8-15(18)23)17(11-3-4-11)13-5-6-24-9-16(13)26-20/h5-11H,3-4H2,1-2H3,(H,25,26). The van der Waals surface area contributed by atoms with Crippen molar-refractivity contribution in [1.29, 1.82) is 0 Å². The summed E-state index contributed by atoms with van der Waals surface area (Å²) in [6, 6.07) is 3.25. The summed E-state index contributed by atoms with van der Waals surface area (Å²) in [6.07, 6.45) is 5.18. The van der Waals surface area contributed by atoms with Gasteiger partial charge in [0, 0.05) is 35.3 Å². The van der Waals surface area contributed by atoms with Gasteiger partial charge in [0.25, 0.3) is 0 Å². The number of nitrogens with zero attached hydrogens (tertiary/aromatic N) is 2. The van der Waals surface area contributed by atoms with Crippen LogP contribution in [0.2, 0.25) is 0 Å². The van der Waals surface area contributed by atoms with Crippen LogP contribution in [-0.4, -0.2) is 16.0 Å². The highest BCUT2D eigenvalue weighted by Gasteiger charge is 2.33. The van der Waals surface area contributed by atoms with Gasteiger partial charge in [-0.3, -0.25) is 4.98 Å². The smallest absolute Gasteiger partial charge is 0.137 e. The molecule has 3 nitrogen and oxygen atoms in total. The van der Waals surface area contributed by atoms with Crippen molar-refractivity contribution in [2.45, 2.75) is 38.6 Å². The molecule has 134 valence electrons. The van der Waals surface area contributed by atoms with E-state index in [1.807, 2.05) is 19.9 Å². The second-order valence-corrected chi connectivity index (χ2v) is 6.96. The van der Waals surface area contributed by atoms with Crippen LogP contribution in [0.5, 0.6) is 0 Å². The molecule has 1 aromatic carbocycles. The number of benzene rings is 1. The van der Waals surface area contributed by atoms with Crippen molar-refractivity contribution in [2.75, 3.05) is 5.32 Å². The summed E-state index contributed by atoms with van der Waals surface area (Å²) in [7, 11) is 0. The molecule has 6 heteroatoms. The average Bonchev–Trinajstić information content (AvgIpc) is 3.38. The van der Waals surface area contributed by atoms with E-state index in [-0.39, 0.29) is 17.5 Å². The van der Waals surface area contributed by atoms with Crippen LogP contribution in [0.3, 0.4) is 0 Å². The fourth-order valence-corrected chi connectivity index (χ4v) is 3.35. The number of aromatic nitrogens is 2. The van der Waals surface area contributed by atoms with Crippen molar-refractivity contribution in [1.82, 2.24) is 9.97 Å². The first-order valence-electron chi connectivity index (χ1n) is 8.64. The number of rotatable bonds is 4. The van der Waals surface area contributed by atoms with Gasteiger partial charge in [0.1, 0.15) is 23.3 Å². The SMILES string of the molecule is CC(C)Nc1nc2cnccc2c(C2CC2)c1-c1c(F)cc(F)cc1F. The van der Waals surface area contributed by atoms with Crippen LogP contribution >= 0.6 is 0 Å². The second kappa shape index (κ2) is 6.27. The molecule has 2 aromatic heterocycles. The zero-order chi connectivity index (χ0) is 18.4. The van der Waals surface area contributed by atoms with Crippen molar-refractivity contribution in [3.8, 4) is 11.1 Å². The topological polar surface area (TPSA) is 37.8 Å². The third-order valence-electron chi connectivity index (χ3n) is 4.50. The number of pyridine rings is 2. The lowest BCUT2D eigenvalue weighted by Crippen LogP contribution is -2.14. The highest BCUT2D eigenvalue weighted by molar-refractivity contribution is 5.95. The van der Waals surface area contributed by atoms with Crippen molar-refractivity contribution in [3.05, 3.63) is 53.6 Å². The lowest BCUT2D eigenvalue weighted by molar-refractivity contribution is 0.548. The first-order valence-corrected chi connectivity index (χ1v) is 8.64. The van der Waals surface area contributed by atoms with E-state index in [2.05, 4.69) is 15.3 Å². The highest BCUT2D eigenvalue weighted by atomic mass is 19.1. The maximum absolute atomic E-state index is 14.6. The van der Waals surface area contributed by atoms with Gasteiger partial charge in [0.05, 0.1) is 17.3 Å². The summed E-state index contributed by atoms with van der Waals surface area (Å²) in [4.78, 5) is 8.68. The maximum atomic E-state index is 14.6. The zero-order valence-corrected chi connectivity index (χ0v) is 14.5. The van der Waals surface area contributed by atoms with Gasteiger partial charge in [-0.05, 0) is 44.2 Å². The van der Waals surface area contributed by atoms with Gasteiger partial charge in [-0.15, -0.1) is 0 Å². The van der Waals surface area contributed by atoms with E-state index < -0.39 is 17.5 Å². The molecule has 1 N–H and O–H groups in total. The van der Waals surface area contributed by atoms with E-state index in [0.29, 0.717) is 29.0 Å². The van der Waals surface area contributed by atoms with Gasteiger partial charge < -0.3 is 5.32 Å². The molecule has 3 aromatic rings. The number of anilines is 1. The molecule has 0 saturated heterocycles. The number of halogens is 3. The Balaban J connectivity index is 2.11. The van der Waals surface area contributed by atoms with Gasteiger partial charge in [0.15, 0.2) is 0 Å². The Kier molecular flexibility index (Phi) is 4.05. The number of hydrogen-bond acceptors (Lipinski definition) is 3. The molecular formula is C20H18F3N3. The van der Waals surface area contributed by atoms with E-state index >= 15 is 0 Å². The Hall–Kier alpha value is -2.63. The van der Waals surface area contributed by atoms with Crippen molar-refractivity contribution >= 4 is 16.7 Å². The quantitative estimate of drug-likeness (QED) is 0.678. The monoisotopic (exact) mass is 357 g/mol. The van der Waals surface area contributed by atoms with Crippen LogP contribution in [0, 0.1) is 17.5 Å². The minimum atomic E-state index is -0.937. The van der Waals surface area contributed by atoms with E-state index in [1.54, 1.807) is 12.4 Å². The summed E-state index contributed by atoms with van der Waals surface area (Å²) < 4.78 is 42.7. The maximum Gasteiger partial charge on any atom is 0.137 e. The van der Waals surface area contributed by atoms with Gasteiger partial charge in [-0.1, -0.05) is 0 Å². The number of hydrogen-bond donors (Lipinski definition) is 1. The Labute approximate surface area is 149 Å². The van der Waals surface area contributed by atoms with Gasteiger partial charge >= 0.3 is 0 Å². The Morgan fingerprint density at radius 2 is 1.77 bits per heavy atom. The molecule has 0 aliphatic heterocycles. The second-order valence-electron chi connectivity index (χ2n) is 6.96. The predicted octanol–water partition coefficient (Wildman–Crippen LogP) is 5.41. The first kappa shape index (κ1) is 16.8. The Morgan fingerprint density at radius 3 is 2.38 bits per heavy atom. The molecule has 0 atom stereocenters. The Morgan fingerprint density at radius 1 is 1.08 bits per heavy atom. The molecular weight excluding hydrogens is 339 g/mol. The van der Waals surface area contributed by atoms with Crippen LogP contribution in [-0.2, 0) is 0 Å². The fraction of sp³-hybridized carbons (Fsp3) is 0.300. The first-order chi connectivity index (χ1) is 12.5. The number of fused-ring (bicyclic) bond motifs is 1. The van der Waals surface area contributed by atoms with Crippen LogP contribution in [0.25, 0.3) is 22.0 Å². The zero-order valence-electron chi connectivity index (χ0n) is 14.5. The molecule has 1 fully saturated rings. The van der Waals surface area contributed by atoms with Crippen molar-refractivity contribution in [2.24, 2.45) is 0 Å². The van der Waals surface area contributed by atoms with Crippen molar-refractivity contribution < 1.29 is 13.2 Å². The summed E-state index contributed by atoms with van der Waals surface area (Å²) in [5.41, 5.74) is 1.67. The lowest BCUT2D eigenvalue weighted by Gasteiger charge is -2.20. The average molecular weight is 357 g/mol. The predicted molar refractivity (Wildman–Crippen MR) is 95.6 cm³/mol. The van der Waals surface area contributed by atoms with Crippen LogP contribution in [0.1, 0.15) is 38.2 Å². The van der Waals surface area contributed by atoms with E-state index in [9.17, 15) is 13.2 Å². The van der Waals surface area contributed by atoms with E-state index in [4.69, 9.17) is 0 Å². The molecule has 1 saturated carbocycles. The summed E-state index contributed by atoms with van der Waals surface area (Å²) in [6.45, 7) is 3.85. The minimum Gasteiger partial charge on any atom is -0.367 e. The van der Waals surface area contributed by atoms with Crippen LogP contribution < -0.4 is 5.32 Å². The van der Waals surface area contributed by atoms with Gasteiger partial charge in [-0.2, -0.15) is 0 Å². The minimum absolute atomic E-state index is 0.00833. The largest absolute Gasteiger partial charge is 0.367 e. The van der Waals surface area contributed by atoms with Crippen LogP contribution in [0.4, 0.5) is 19.0 Å².